The molecule has 0 spiro atoms. The van der Waals surface area contributed by atoms with Gasteiger partial charge < -0.3 is 4.74 Å². The molecule has 1 aromatic carbocycles. The molecule has 19 heavy (non-hydrogen) atoms. The first-order chi connectivity index (χ1) is 8.82. The molecule has 0 atom stereocenters. The van der Waals surface area contributed by atoms with Crippen molar-refractivity contribution in [2.45, 2.75) is 46.0 Å². The van der Waals surface area contributed by atoms with Crippen molar-refractivity contribution in [3.05, 3.63) is 35.5 Å². The second kappa shape index (κ2) is 4.84. The highest BCUT2D eigenvalue weighted by Crippen LogP contribution is 2.31. The van der Waals surface area contributed by atoms with Crippen molar-refractivity contribution in [1.82, 2.24) is 4.98 Å². The van der Waals surface area contributed by atoms with Gasteiger partial charge in [0, 0.05) is 16.5 Å². The number of aromatic nitrogens is 1. The van der Waals surface area contributed by atoms with Crippen LogP contribution >= 0.6 is 0 Å². The third-order valence-corrected chi connectivity index (χ3v) is 3.44. The van der Waals surface area contributed by atoms with E-state index in [0.717, 1.165) is 17.0 Å². The molecule has 2 rings (SSSR count). The first-order valence-corrected chi connectivity index (χ1v) is 6.82. The summed E-state index contributed by atoms with van der Waals surface area (Å²) in [6.45, 7) is 11.1. The standard InChI is InChI=1S/C17H23NO/c1-11(2)13-10-16(17(3,4)5)18-15-8-7-12(19-6)9-14(13)15/h7-11H,1-6H3. The molecule has 2 heteroatoms. The molecule has 0 aliphatic carbocycles. The SMILES string of the molecule is COc1ccc2nc(C(C)(C)C)cc(C(C)C)c2c1. The average molecular weight is 257 g/mol. The van der Waals surface area contributed by atoms with Gasteiger partial charge in [0.15, 0.2) is 0 Å². The Kier molecular flexibility index (Phi) is 3.53. The largest absolute Gasteiger partial charge is 0.497 e. The fraction of sp³-hybridized carbons (Fsp3) is 0.471. The summed E-state index contributed by atoms with van der Waals surface area (Å²) >= 11 is 0. The van der Waals surface area contributed by atoms with E-state index >= 15 is 0 Å². The van der Waals surface area contributed by atoms with Gasteiger partial charge in [0.2, 0.25) is 0 Å². The molecule has 0 aliphatic rings. The van der Waals surface area contributed by atoms with Crippen LogP contribution in [0.2, 0.25) is 0 Å². The number of hydrogen-bond donors (Lipinski definition) is 0. The number of methoxy groups -OCH3 is 1. The molecule has 0 N–H and O–H groups in total. The molecule has 0 aliphatic heterocycles. The summed E-state index contributed by atoms with van der Waals surface area (Å²) in [4.78, 5) is 4.81. The van der Waals surface area contributed by atoms with Crippen LogP contribution in [0.5, 0.6) is 5.75 Å². The van der Waals surface area contributed by atoms with Gasteiger partial charge in [-0.2, -0.15) is 0 Å². The van der Waals surface area contributed by atoms with E-state index in [0.29, 0.717) is 5.92 Å². The topological polar surface area (TPSA) is 22.1 Å². The van der Waals surface area contributed by atoms with E-state index in [4.69, 9.17) is 9.72 Å². The Labute approximate surface area is 115 Å². The van der Waals surface area contributed by atoms with Crippen molar-refractivity contribution in [3.63, 3.8) is 0 Å². The Morgan fingerprint density at radius 1 is 1.11 bits per heavy atom. The van der Waals surface area contributed by atoms with E-state index in [1.165, 1.54) is 10.9 Å². The molecule has 2 aromatic rings. The van der Waals surface area contributed by atoms with Gasteiger partial charge in [-0.3, -0.25) is 4.98 Å². The molecule has 2 nitrogen and oxygen atoms in total. The number of hydrogen-bond acceptors (Lipinski definition) is 2. The summed E-state index contributed by atoms with van der Waals surface area (Å²) < 4.78 is 5.33. The number of fused-ring (bicyclic) bond motifs is 1. The Bertz CT molecular complexity index is 594. The zero-order valence-electron chi connectivity index (χ0n) is 12.7. The van der Waals surface area contributed by atoms with Crippen LogP contribution in [0, 0.1) is 0 Å². The molecule has 1 aromatic heterocycles. The zero-order valence-corrected chi connectivity index (χ0v) is 12.7. The lowest BCUT2D eigenvalue weighted by atomic mass is 9.88. The quantitative estimate of drug-likeness (QED) is 0.780. The maximum Gasteiger partial charge on any atom is 0.119 e. The van der Waals surface area contributed by atoms with Gasteiger partial charge in [0.05, 0.1) is 12.6 Å². The highest BCUT2D eigenvalue weighted by atomic mass is 16.5. The van der Waals surface area contributed by atoms with Gasteiger partial charge in [0.25, 0.3) is 0 Å². The Hall–Kier alpha value is -1.57. The molecular weight excluding hydrogens is 234 g/mol. The summed E-state index contributed by atoms with van der Waals surface area (Å²) in [5.41, 5.74) is 3.61. The van der Waals surface area contributed by atoms with Crippen LogP contribution in [0.4, 0.5) is 0 Å². The van der Waals surface area contributed by atoms with Crippen molar-refractivity contribution in [2.24, 2.45) is 0 Å². The normalized spacial score (nSPS) is 12.2. The molecule has 0 bridgehead atoms. The lowest BCUT2D eigenvalue weighted by Gasteiger charge is -2.21. The first-order valence-electron chi connectivity index (χ1n) is 6.82. The van der Waals surface area contributed by atoms with Gasteiger partial charge in [-0.05, 0) is 35.7 Å². The van der Waals surface area contributed by atoms with E-state index in [-0.39, 0.29) is 5.41 Å². The van der Waals surface area contributed by atoms with Gasteiger partial charge in [-0.15, -0.1) is 0 Å². The van der Waals surface area contributed by atoms with Crippen LogP contribution in [0.15, 0.2) is 24.3 Å². The van der Waals surface area contributed by atoms with Gasteiger partial charge >= 0.3 is 0 Å². The third-order valence-electron chi connectivity index (χ3n) is 3.44. The van der Waals surface area contributed by atoms with Crippen molar-refractivity contribution >= 4 is 10.9 Å². The molecule has 0 unspecified atom stereocenters. The summed E-state index contributed by atoms with van der Waals surface area (Å²) in [6.07, 6.45) is 0. The molecule has 0 amide bonds. The first kappa shape index (κ1) is 13.9. The van der Waals surface area contributed by atoms with Crippen molar-refractivity contribution in [1.29, 1.82) is 0 Å². The van der Waals surface area contributed by atoms with Crippen LogP contribution in [0.25, 0.3) is 10.9 Å². The highest BCUT2D eigenvalue weighted by molar-refractivity contribution is 5.84. The second-order valence-electron chi connectivity index (χ2n) is 6.38. The number of rotatable bonds is 2. The van der Waals surface area contributed by atoms with Crippen LogP contribution < -0.4 is 4.74 Å². The van der Waals surface area contributed by atoms with Crippen molar-refractivity contribution in [2.75, 3.05) is 7.11 Å². The van der Waals surface area contributed by atoms with Crippen LogP contribution in [0.1, 0.15) is 51.8 Å². The number of benzene rings is 1. The van der Waals surface area contributed by atoms with E-state index in [9.17, 15) is 0 Å². The van der Waals surface area contributed by atoms with E-state index in [1.54, 1.807) is 7.11 Å². The molecular formula is C17H23NO. The number of ether oxygens (including phenoxy) is 1. The van der Waals surface area contributed by atoms with Gasteiger partial charge in [0.1, 0.15) is 5.75 Å². The van der Waals surface area contributed by atoms with E-state index in [2.05, 4.69) is 52.8 Å². The summed E-state index contributed by atoms with van der Waals surface area (Å²) in [5.74, 6) is 1.36. The maximum absolute atomic E-state index is 5.33. The minimum absolute atomic E-state index is 0.0672. The average Bonchev–Trinajstić information content (AvgIpc) is 2.35. The monoisotopic (exact) mass is 257 g/mol. The van der Waals surface area contributed by atoms with Crippen molar-refractivity contribution < 1.29 is 4.74 Å². The molecule has 0 fully saturated rings. The fourth-order valence-electron chi connectivity index (χ4n) is 2.22. The second-order valence-corrected chi connectivity index (χ2v) is 6.38. The summed E-state index contributed by atoms with van der Waals surface area (Å²) in [7, 11) is 1.70. The van der Waals surface area contributed by atoms with E-state index < -0.39 is 0 Å². The van der Waals surface area contributed by atoms with Crippen LogP contribution in [-0.2, 0) is 5.41 Å². The molecule has 1 heterocycles. The van der Waals surface area contributed by atoms with Crippen LogP contribution in [0.3, 0.4) is 0 Å². The van der Waals surface area contributed by atoms with Crippen LogP contribution in [-0.4, -0.2) is 12.1 Å². The fourth-order valence-corrected chi connectivity index (χ4v) is 2.22. The smallest absolute Gasteiger partial charge is 0.119 e. The molecule has 0 radical (unpaired) electrons. The van der Waals surface area contributed by atoms with Gasteiger partial charge in [-0.25, -0.2) is 0 Å². The predicted molar refractivity (Wildman–Crippen MR) is 81.1 cm³/mol. The predicted octanol–water partition coefficient (Wildman–Crippen LogP) is 4.66. The molecule has 0 saturated carbocycles. The zero-order chi connectivity index (χ0) is 14.2. The lowest BCUT2D eigenvalue weighted by molar-refractivity contribution is 0.415. The Morgan fingerprint density at radius 3 is 2.32 bits per heavy atom. The number of nitrogens with zero attached hydrogens (tertiary/aromatic N) is 1. The lowest BCUT2D eigenvalue weighted by Crippen LogP contribution is -2.14. The summed E-state index contributed by atoms with van der Waals surface area (Å²) in [5, 5.41) is 1.20. The highest BCUT2D eigenvalue weighted by Gasteiger charge is 2.19. The van der Waals surface area contributed by atoms with Gasteiger partial charge in [-0.1, -0.05) is 34.6 Å². The minimum Gasteiger partial charge on any atom is -0.497 e. The van der Waals surface area contributed by atoms with E-state index in [1.807, 2.05) is 6.07 Å². The third kappa shape index (κ3) is 2.73. The Balaban J connectivity index is 2.75. The maximum atomic E-state index is 5.33. The molecule has 102 valence electrons. The minimum atomic E-state index is 0.0672. The number of pyridine rings is 1. The summed E-state index contributed by atoms with van der Waals surface area (Å²) in [6, 6.07) is 8.36. The molecule has 0 saturated heterocycles. The van der Waals surface area contributed by atoms with Crippen molar-refractivity contribution in [3.8, 4) is 5.75 Å². The Morgan fingerprint density at radius 2 is 1.79 bits per heavy atom.